The molecule has 1 aliphatic rings. The van der Waals surface area contributed by atoms with Gasteiger partial charge in [-0.25, -0.2) is 13.1 Å². The SMILES string of the molecule is CNS(=O)(=O)CC(=O)N[C@H](C)[C@@H]1CCC[C@H](C)C1. The maximum atomic E-state index is 11.6. The van der Waals surface area contributed by atoms with E-state index in [1.165, 1.54) is 19.9 Å². The monoisotopic (exact) mass is 276 g/mol. The molecule has 0 bridgehead atoms. The topological polar surface area (TPSA) is 75.3 Å². The van der Waals surface area contributed by atoms with Gasteiger partial charge in [-0.2, -0.15) is 0 Å². The number of carbonyl (C=O) groups is 1. The molecule has 1 saturated carbocycles. The summed E-state index contributed by atoms with van der Waals surface area (Å²) in [5, 5.41) is 2.80. The average Bonchev–Trinajstić information content (AvgIpc) is 2.28. The van der Waals surface area contributed by atoms with Gasteiger partial charge in [-0.1, -0.05) is 19.8 Å². The fourth-order valence-corrected chi connectivity index (χ4v) is 3.17. The summed E-state index contributed by atoms with van der Waals surface area (Å²) in [5.74, 6) is 0.255. The fraction of sp³-hybridized carbons (Fsp3) is 0.917. The molecule has 0 aromatic heterocycles. The molecule has 0 aromatic rings. The van der Waals surface area contributed by atoms with E-state index in [0.717, 1.165) is 12.8 Å². The van der Waals surface area contributed by atoms with Crippen molar-refractivity contribution < 1.29 is 13.2 Å². The van der Waals surface area contributed by atoms with E-state index in [1.54, 1.807) is 0 Å². The van der Waals surface area contributed by atoms with Crippen molar-refractivity contribution >= 4 is 15.9 Å². The van der Waals surface area contributed by atoms with Crippen LogP contribution in [0.2, 0.25) is 0 Å². The van der Waals surface area contributed by atoms with Crippen molar-refractivity contribution in [3.63, 3.8) is 0 Å². The zero-order valence-electron chi connectivity index (χ0n) is 11.4. The molecule has 1 amide bonds. The Kier molecular flexibility index (Phi) is 5.59. The first-order chi connectivity index (χ1) is 8.34. The van der Waals surface area contributed by atoms with Crippen LogP contribution >= 0.6 is 0 Å². The minimum Gasteiger partial charge on any atom is -0.352 e. The zero-order chi connectivity index (χ0) is 13.8. The van der Waals surface area contributed by atoms with Gasteiger partial charge in [-0.15, -0.1) is 0 Å². The summed E-state index contributed by atoms with van der Waals surface area (Å²) in [5.41, 5.74) is 0. The summed E-state index contributed by atoms with van der Waals surface area (Å²) in [6.07, 6.45) is 4.68. The van der Waals surface area contributed by atoms with Gasteiger partial charge in [-0.3, -0.25) is 4.79 Å². The van der Waals surface area contributed by atoms with Crippen LogP contribution in [-0.2, 0) is 14.8 Å². The Morgan fingerprint density at radius 2 is 2.06 bits per heavy atom. The number of sulfonamides is 1. The second-order valence-corrected chi connectivity index (χ2v) is 7.28. The fourth-order valence-electron chi connectivity index (χ4n) is 2.59. The Bertz CT molecular complexity index is 381. The van der Waals surface area contributed by atoms with E-state index in [1.807, 2.05) is 6.92 Å². The van der Waals surface area contributed by atoms with Gasteiger partial charge in [0, 0.05) is 6.04 Å². The number of nitrogens with one attached hydrogen (secondary N) is 2. The van der Waals surface area contributed by atoms with Crippen molar-refractivity contribution in [1.29, 1.82) is 0 Å². The van der Waals surface area contributed by atoms with Gasteiger partial charge in [0.1, 0.15) is 5.75 Å². The molecular formula is C12H24N2O3S. The molecule has 0 aromatic carbocycles. The highest BCUT2D eigenvalue weighted by Crippen LogP contribution is 2.30. The molecule has 0 aliphatic heterocycles. The van der Waals surface area contributed by atoms with Gasteiger partial charge in [0.15, 0.2) is 0 Å². The first-order valence-corrected chi connectivity index (χ1v) is 8.20. The predicted molar refractivity (Wildman–Crippen MR) is 71.6 cm³/mol. The van der Waals surface area contributed by atoms with Gasteiger partial charge in [0.2, 0.25) is 15.9 Å². The van der Waals surface area contributed by atoms with E-state index >= 15 is 0 Å². The van der Waals surface area contributed by atoms with Gasteiger partial charge in [-0.05, 0) is 38.6 Å². The normalized spacial score (nSPS) is 26.6. The van der Waals surface area contributed by atoms with Gasteiger partial charge in [0.05, 0.1) is 0 Å². The summed E-state index contributed by atoms with van der Waals surface area (Å²) in [6.45, 7) is 4.19. The third kappa shape index (κ3) is 4.94. The summed E-state index contributed by atoms with van der Waals surface area (Å²) >= 11 is 0. The quantitative estimate of drug-likeness (QED) is 0.782. The maximum absolute atomic E-state index is 11.6. The Balaban J connectivity index is 2.44. The number of rotatable bonds is 5. The Labute approximate surface area is 110 Å². The van der Waals surface area contributed by atoms with Crippen LogP contribution in [0.15, 0.2) is 0 Å². The van der Waals surface area contributed by atoms with Gasteiger partial charge < -0.3 is 5.32 Å². The summed E-state index contributed by atoms with van der Waals surface area (Å²) in [4.78, 5) is 11.6. The van der Waals surface area contributed by atoms with Crippen molar-refractivity contribution in [2.75, 3.05) is 12.8 Å². The van der Waals surface area contributed by atoms with Crippen LogP contribution in [0.1, 0.15) is 39.5 Å². The molecular weight excluding hydrogens is 252 g/mol. The molecule has 0 spiro atoms. The van der Waals surface area contributed by atoms with E-state index in [9.17, 15) is 13.2 Å². The summed E-state index contributed by atoms with van der Waals surface area (Å²) in [7, 11) is -2.15. The molecule has 1 aliphatic carbocycles. The minimum absolute atomic E-state index is 0.0484. The predicted octanol–water partition coefficient (Wildman–Crippen LogP) is 0.867. The third-order valence-electron chi connectivity index (χ3n) is 3.70. The standard InChI is InChI=1S/C12H24N2O3S/c1-9-5-4-6-11(7-9)10(2)14-12(15)8-18(16,17)13-3/h9-11,13H,4-8H2,1-3H3,(H,14,15)/t9-,10+,11+/m0/s1. The highest BCUT2D eigenvalue weighted by Gasteiger charge is 2.25. The molecule has 0 radical (unpaired) electrons. The number of hydrogen-bond donors (Lipinski definition) is 2. The first kappa shape index (κ1) is 15.4. The average molecular weight is 276 g/mol. The van der Waals surface area contributed by atoms with Crippen LogP contribution in [0.4, 0.5) is 0 Å². The van der Waals surface area contributed by atoms with Gasteiger partial charge in [0.25, 0.3) is 0 Å². The van der Waals surface area contributed by atoms with Crippen LogP contribution in [-0.4, -0.2) is 33.2 Å². The molecule has 1 fully saturated rings. The van der Waals surface area contributed by atoms with E-state index < -0.39 is 21.7 Å². The zero-order valence-corrected chi connectivity index (χ0v) is 12.2. The number of hydrogen-bond acceptors (Lipinski definition) is 3. The van der Waals surface area contributed by atoms with Crippen molar-refractivity contribution in [1.82, 2.24) is 10.0 Å². The van der Waals surface area contributed by atoms with E-state index in [0.29, 0.717) is 11.8 Å². The summed E-state index contributed by atoms with van der Waals surface area (Å²) < 4.78 is 24.6. The largest absolute Gasteiger partial charge is 0.352 e. The minimum atomic E-state index is -3.47. The lowest BCUT2D eigenvalue weighted by molar-refractivity contribution is -0.119. The molecule has 0 heterocycles. The molecule has 2 N–H and O–H groups in total. The molecule has 3 atom stereocenters. The van der Waals surface area contributed by atoms with Crippen molar-refractivity contribution in [2.45, 2.75) is 45.6 Å². The van der Waals surface area contributed by atoms with E-state index in [2.05, 4.69) is 17.0 Å². The van der Waals surface area contributed by atoms with E-state index in [4.69, 9.17) is 0 Å². The maximum Gasteiger partial charge on any atom is 0.236 e. The highest BCUT2D eigenvalue weighted by molar-refractivity contribution is 7.90. The lowest BCUT2D eigenvalue weighted by Crippen LogP contribution is -2.43. The van der Waals surface area contributed by atoms with Crippen molar-refractivity contribution in [3.8, 4) is 0 Å². The van der Waals surface area contributed by atoms with Crippen LogP contribution in [0.25, 0.3) is 0 Å². The Morgan fingerprint density at radius 1 is 1.39 bits per heavy atom. The second-order valence-electron chi connectivity index (χ2n) is 5.35. The lowest BCUT2D eigenvalue weighted by atomic mass is 9.79. The molecule has 106 valence electrons. The molecule has 6 heteroatoms. The Hall–Kier alpha value is -0.620. The summed E-state index contributed by atoms with van der Waals surface area (Å²) in [6, 6.07) is 0.0484. The second kappa shape index (κ2) is 6.52. The Morgan fingerprint density at radius 3 is 2.61 bits per heavy atom. The van der Waals surface area contributed by atoms with Crippen molar-refractivity contribution in [3.05, 3.63) is 0 Å². The van der Waals surface area contributed by atoms with Crippen LogP contribution in [0.3, 0.4) is 0 Å². The van der Waals surface area contributed by atoms with E-state index in [-0.39, 0.29) is 6.04 Å². The van der Waals surface area contributed by atoms with Crippen LogP contribution in [0.5, 0.6) is 0 Å². The molecule has 0 saturated heterocycles. The van der Waals surface area contributed by atoms with Crippen LogP contribution < -0.4 is 10.0 Å². The van der Waals surface area contributed by atoms with Gasteiger partial charge >= 0.3 is 0 Å². The molecule has 0 unspecified atom stereocenters. The number of amides is 1. The van der Waals surface area contributed by atoms with Crippen molar-refractivity contribution in [2.24, 2.45) is 11.8 Å². The third-order valence-corrected chi connectivity index (χ3v) is 4.97. The smallest absolute Gasteiger partial charge is 0.236 e. The number of carbonyl (C=O) groups excluding carboxylic acids is 1. The molecule has 1 rings (SSSR count). The first-order valence-electron chi connectivity index (χ1n) is 6.54. The lowest BCUT2D eigenvalue weighted by Gasteiger charge is -2.31. The highest BCUT2D eigenvalue weighted by atomic mass is 32.2. The molecule has 18 heavy (non-hydrogen) atoms. The molecule has 5 nitrogen and oxygen atoms in total. The van der Waals surface area contributed by atoms with Crippen LogP contribution in [0, 0.1) is 11.8 Å².